The highest BCUT2D eigenvalue weighted by atomic mass is 16.6. The summed E-state index contributed by atoms with van der Waals surface area (Å²) in [5.74, 6) is -1.50. The third-order valence-corrected chi connectivity index (χ3v) is 7.23. The Morgan fingerprint density at radius 2 is 1.15 bits per heavy atom. The number of esters is 2. The maximum Gasteiger partial charge on any atom is 0.423 e. The highest BCUT2D eigenvalue weighted by Crippen LogP contribution is 2.45. The van der Waals surface area contributed by atoms with Gasteiger partial charge in [-0.25, -0.2) is 14.4 Å². The number of carbonyl (C=O) groups is 3. The minimum atomic E-state index is -0.644. The topological polar surface area (TPSA) is 83.7 Å². The number of hydrogen-bond acceptors (Lipinski definition) is 4. The first-order valence-electron chi connectivity index (χ1n) is 11.4. The van der Waals surface area contributed by atoms with Crippen LogP contribution in [-0.4, -0.2) is 40.0 Å². The Morgan fingerprint density at radius 3 is 1.68 bits per heavy atom. The summed E-state index contributed by atoms with van der Waals surface area (Å²) in [7, 11) is 0. The van der Waals surface area contributed by atoms with Crippen molar-refractivity contribution in [2.75, 3.05) is 6.54 Å². The molecule has 0 aliphatic carbocycles. The van der Waals surface area contributed by atoms with Gasteiger partial charge in [-0.15, -0.1) is 4.58 Å². The minimum Gasteiger partial charge on any atom is -0.459 e. The molecule has 0 unspecified atom stereocenters. The van der Waals surface area contributed by atoms with Crippen molar-refractivity contribution in [3.8, 4) is 0 Å². The lowest BCUT2D eigenvalue weighted by atomic mass is 9.83. The molecule has 2 heterocycles. The van der Waals surface area contributed by atoms with E-state index < -0.39 is 11.9 Å². The molecule has 1 N–H and O–H groups in total. The lowest BCUT2D eigenvalue weighted by Crippen LogP contribution is -2.33. The highest BCUT2D eigenvalue weighted by molar-refractivity contribution is 6.39. The van der Waals surface area contributed by atoms with Crippen molar-refractivity contribution < 1.29 is 28.8 Å². The molecule has 0 radical (unpaired) electrons. The second-order valence-corrected chi connectivity index (χ2v) is 8.95. The Bertz CT molecular complexity index is 1760. The fourth-order valence-corrected chi connectivity index (χ4v) is 5.70. The molecule has 0 atom stereocenters. The maximum atomic E-state index is 13.3. The molecule has 0 fully saturated rings. The Hall–Kier alpha value is -4.32. The normalized spacial score (nSPS) is 15.4. The van der Waals surface area contributed by atoms with E-state index in [1.165, 1.54) is 4.58 Å². The first-order valence-corrected chi connectivity index (χ1v) is 11.4. The molecular weight excluding hydrogens is 430 g/mol. The molecule has 7 rings (SSSR count). The van der Waals surface area contributed by atoms with Gasteiger partial charge in [0.2, 0.25) is 0 Å². The predicted molar refractivity (Wildman–Crippen MR) is 129 cm³/mol. The third-order valence-electron chi connectivity index (χ3n) is 7.23. The third kappa shape index (κ3) is 2.15. The largest absolute Gasteiger partial charge is 0.459 e. The quantitative estimate of drug-likeness (QED) is 0.133. The van der Waals surface area contributed by atoms with Crippen LogP contribution in [0.2, 0.25) is 0 Å². The van der Waals surface area contributed by atoms with Crippen molar-refractivity contribution in [3.63, 3.8) is 0 Å². The average molecular weight is 448 g/mol. The summed E-state index contributed by atoms with van der Waals surface area (Å²) in [5.41, 5.74) is 1.95. The number of ether oxygens (including phenoxy) is 1. The number of benzene rings is 5. The Balaban J connectivity index is 1.68. The second-order valence-electron chi connectivity index (χ2n) is 8.95. The summed E-state index contributed by atoms with van der Waals surface area (Å²) in [6.07, 6.45) is 1.71. The molecule has 6 heteroatoms. The molecule has 164 valence electrons. The van der Waals surface area contributed by atoms with Crippen LogP contribution in [0, 0.1) is 0 Å². The molecule has 2 aliphatic heterocycles. The number of amides is 1. The molecule has 5 aromatic rings. The van der Waals surface area contributed by atoms with Gasteiger partial charge in [-0.1, -0.05) is 37.6 Å². The van der Waals surface area contributed by atoms with Crippen LogP contribution in [0.4, 0.5) is 0 Å². The van der Waals surface area contributed by atoms with Gasteiger partial charge in [0.15, 0.2) is 6.54 Å². The average Bonchev–Trinajstić information content (AvgIpc) is 2.84. The van der Waals surface area contributed by atoms with Crippen LogP contribution in [0.25, 0.3) is 43.1 Å². The molecule has 0 saturated carbocycles. The number of aliphatic hydroxyl groups is 1. The van der Waals surface area contributed by atoms with Gasteiger partial charge in [-0.3, -0.25) is 0 Å². The molecular formula is C28H18NO5+. The fourth-order valence-electron chi connectivity index (χ4n) is 5.70. The van der Waals surface area contributed by atoms with E-state index >= 15 is 0 Å². The summed E-state index contributed by atoms with van der Waals surface area (Å²) in [6, 6.07) is 14.7. The summed E-state index contributed by atoms with van der Waals surface area (Å²) < 4.78 is 6.39. The van der Waals surface area contributed by atoms with Crippen LogP contribution in [0.5, 0.6) is 0 Å². The van der Waals surface area contributed by atoms with Crippen molar-refractivity contribution in [1.82, 2.24) is 0 Å². The van der Waals surface area contributed by atoms with Crippen LogP contribution in [0.1, 0.15) is 56.4 Å². The van der Waals surface area contributed by atoms with Gasteiger partial charge >= 0.3 is 23.7 Å². The van der Waals surface area contributed by atoms with E-state index in [-0.39, 0.29) is 11.8 Å². The zero-order valence-corrected chi connectivity index (χ0v) is 18.3. The van der Waals surface area contributed by atoms with Crippen molar-refractivity contribution in [2.45, 2.75) is 19.8 Å². The molecule has 5 aromatic carbocycles. The standard InChI is InChI=1S/C28H17NO5/c1-2-3-12-29-25(30)17-8-4-13-15-6-10-19-24-20(28(33)34-27(19)32)11-7-16(22(15)24)14-5-9-18(26(29)31)23(17)21(13)14/h4-11H,2-3,12H2,1H3/p+1. The summed E-state index contributed by atoms with van der Waals surface area (Å²) in [4.78, 5) is 38.2. The van der Waals surface area contributed by atoms with Crippen molar-refractivity contribution in [1.29, 1.82) is 0 Å². The number of rotatable bonds is 3. The zero-order valence-electron chi connectivity index (χ0n) is 18.3. The first kappa shape index (κ1) is 19.2. The van der Waals surface area contributed by atoms with E-state index in [1.54, 1.807) is 12.1 Å². The van der Waals surface area contributed by atoms with Crippen LogP contribution in [0.15, 0.2) is 48.5 Å². The van der Waals surface area contributed by atoms with Gasteiger partial charge in [0.25, 0.3) is 0 Å². The zero-order chi connectivity index (χ0) is 23.3. The van der Waals surface area contributed by atoms with E-state index in [9.17, 15) is 19.5 Å². The van der Waals surface area contributed by atoms with Crippen LogP contribution in [0.3, 0.4) is 0 Å². The number of fused-ring (bicyclic) bond motifs is 2. The molecule has 0 aromatic heterocycles. The SMILES string of the molecule is CCCC[N+]1=C(O)c2ccc3c4ccc5c6c(ccc(c7ccc(c2c73)C1=O)c64)C(=O)OC5=O. The smallest absolute Gasteiger partial charge is 0.423 e. The van der Waals surface area contributed by atoms with Crippen molar-refractivity contribution >= 4 is 66.8 Å². The fraction of sp³-hybridized carbons (Fsp3) is 0.143. The Kier molecular flexibility index (Phi) is 3.60. The summed E-state index contributed by atoms with van der Waals surface area (Å²) in [5, 5.41) is 17.7. The van der Waals surface area contributed by atoms with Crippen LogP contribution in [-0.2, 0) is 4.74 Å². The Labute approximate surface area is 193 Å². The number of carbonyl (C=O) groups excluding carboxylic acids is 3. The van der Waals surface area contributed by atoms with Gasteiger partial charge in [0.05, 0.1) is 22.3 Å². The second kappa shape index (κ2) is 6.38. The number of nitrogens with zero attached hydrogens (tertiary/aromatic N) is 1. The van der Waals surface area contributed by atoms with Gasteiger partial charge in [-0.05, 0) is 56.6 Å². The van der Waals surface area contributed by atoms with E-state index in [0.717, 1.165) is 50.5 Å². The minimum absolute atomic E-state index is 0.0148. The Morgan fingerprint density at radius 1 is 0.676 bits per heavy atom. The highest BCUT2D eigenvalue weighted by Gasteiger charge is 2.36. The molecule has 0 saturated heterocycles. The van der Waals surface area contributed by atoms with Crippen molar-refractivity contribution in [2.24, 2.45) is 0 Å². The maximum absolute atomic E-state index is 13.3. The van der Waals surface area contributed by atoms with E-state index in [2.05, 4.69) is 0 Å². The molecule has 0 spiro atoms. The monoisotopic (exact) mass is 448 g/mol. The molecule has 2 aliphatic rings. The number of unbranched alkanes of at least 4 members (excludes halogenated alkanes) is 1. The van der Waals surface area contributed by atoms with E-state index in [0.29, 0.717) is 34.2 Å². The van der Waals surface area contributed by atoms with Gasteiger partial charge in [0, 0.05) is 17.2 Å². The van der Waals surface area contributed by atoms with Gasteiger partial charge < -0.3 is 9.84 Å². The van der Waals surface area contributed by atoms with E-state index in [1.807, 2.05) is 43.3 Å². The molecule has 1 amide bonds. The summed E-state index contributed by atoms with van der Waals surface area (Å²) >= 11 is 0. The predicted octanol–water partition coefficient (Wildman–Crippen LogP) is 5.32. The van der Waals surface area contributed by atoms with Crippen LogP contribution < -0.4 is 0 Å². The number of aliphatic hydroxyl groups excluding tert-OH is 1. The molecule has 34 heavy (non-hydrogen) atoms. The first-order chi connectivity index (χ1) is 16.5. The van der Waals surface area contributed by atoms with Crippen molar-refractivity contribution in [3.05, 3.63) is 70.8 Å². The van der Waals surface area contributed by atoms with E-state index in [4.69, 9.17) is 4.74 Å². The molecule has 6 nitrogen and oxygen atoms in total. The van der Waals surface area contributed by atoms with Crippen LogP contribution >= 0.6 is 0 Å². The summed E-state index contributed by atoms with van der Waals surface area (Å²) in [6.45, 7) is 2.51. The lowest BCUT2D eigenvalue weighted by molar-refractivity contribution is -0.438. The van der Waals surface area contributed by atoms with Gasteiger partial charge in [0.1, 0.15) is 0 Å². The number of hydrogen-bond donors (Lipinski definition) is 1. The lowest BCUT2D eigenvalue weighted by Gasteiger charge is -2.22. The molecule has 0 bridgehead atoms. The number of cyclic esters (lactones) is 2. The van der Waals surface area contributed by atoms with Gasteiger partial charge in [-0.2, -0.15) is 0 Å².